The summed E-state index contributed by atoms with van der Waals surface area (Å²) in [6, 6.07) is 7.24. The predicted molar refractivity (Wildman–Crippen MR) is 63.7 cm³/mol. The van der Waals surface area contributed by atoms with Gasteiger partial charge in [-0.2, -0.15) is 5.10 Å². The number of benzene rings is 1. The van der Waals surface area contributed by atoms with Crippen LogP contribution >= 0.6 is 0 Å². The monoisotopic (exact) mass is 247 g/mol. The Hall–Kier alpha value is -2.41. The highest BCUT2D eigenvalue weighted by molar-refractivity contribution is 5.72. The lowest BCUT2D eigenvalue weighted by Gasteiger charge is -2.07. The second-order valence-electron chi connectivity index (χ2n) is 3.50. The van der Waals surface area contributed by atoms with E-state index in [9.17, 15) is 4.79 Å². The molecule has 1 aromatic carbocycles. The minimum atomic E-state index is -0.386. The van der Waals surface area contributed by atoms with Gasteiger partial charge in [-0.1, -0.05) is 12.1 Å². The number of nitrogens with zero attached hydrogens (tertiary/aromatic N) is 3. The van der Waals surface area contributed by atoms with Crippen molar-refractivity contribution < 1.29 is 9.63 Å². The molecule has 0 radical (unpaired) electrons. The number of urea groups is 1. The summed E-state index contributed by atoms with van der Waals surface area (Å²) in [4.78, 5) is 19.5. The zero-order valence-electron chi connectivity index (χ0n) is 9.83. The van der Waals surface area contributed by atoms with Crippen molar-refractivity contribution in [2.24, 2.45) is 0 Å². The molecule has 0 saturated carbocycles. The van der Waals surface area contributed by atoms with E-state index in [0.717, 1.165) is 11.3 Å². The lowest BCUT2D eigenvalue weighted by molar-refractivity contribution is 0.107. The molecule has 0 atom stereocenters. The highest BCUT2D eigenvalue weighted by Gasteiger charge is 2.01. The molecule has 2 amide bonds. The molecule has 2 aromatic rings. The summed E-state index contributed by atoms with van der Waals surface area (Å²) in [5, 5.41) is 6.69. The van der Waals surface area contributed by atoms with Gasteiger partial charge in [-0.3, -0.25) is 4.84 Å². The van der Waals surface area contributed by atoms with Crippen LogP contribution in [0.1, 0.15) is 5.56 Å². The number of amides is 2. The Bertz CT molecular complexity index is 512. The van der Waals surface area contributed by atoms with Gasteiger partial charge in [0.15, 0.2) is 0 Å². The standard InChI is InChI=1S/C11H13N5O2/c1-18-15-11(17)13-6-9-3-2-4-10(5-9)16-8-12-7-14-16/h2-5,7-8H,6H2,1H3,(H2,13,15,17). The normalized spacial score (nSPS) is 10.1. The van der Waals surface area contributed by atoms with Crippen LogP contribution in [0, 0.1) is 0 Å². The lowest BCUT2D eigenvalue weighted by Crippen LogP contribution is -2.34. The summed E-state index contributed by atoms with van der Waals surface area (Å²) in [5.74, 6) is 0. The van der Waals surface area contributed by atoms with Crippen LogP contribution in [0.5, 0.6) is 0 Å². The van der Waals surface area contributed by atoms with Gasteiger partial charge in [-0.05, 0) is 17.7 Å². The van der Waals surface area contributed by atoms with Crippen LogP contribution in [0.25, 0.3) is 5.69 Å². The molecule has 0 unspecified atom stereocenters. The topological polar surface area (TPSA) is 81.1 Å². The molecule has 2 rings (SSSR count). The van der Waals surface area contributed by atoms with E-state index in [4.69, 9.17) is 0 Å². The molecule has 2 N–H and O–H groups in total. The SMILES string of the molecule is CONC(=O)NCc1cccc(-n2cncn2)c1. The first-order chi connectivity index (χ1) is 8.79. The van der Waals surface area contributed by atoms with Gasteiger partial charge in [-0.25, -0.2) is 19.9 Å². The van der Waals surface area contributed by atoms with Gasteiger partial charge in [0.1, 0.15) is 12.7 Å². The van der Waals surface area contributed by atoms with Crippen LogP contribution in [0.4, 0.5) is 4.79 Å². The maximum atomic E-state index is 11.2. The Morgan fingerprint density at radius 1 is 1.50 bits per heavy atom. The van der Waals surface area contributed by atoms with Crippen LogP contribution in [0.3, 0.4) is 0 Å². The lowest BCUT2D eigenvalue weighted by atomic mass is 10.2. The van der Waals surface area contributed by atoms with Crippen LogP contribution in [0.15, 0.2) is 36.9 Å². The van der Waals surface area contributed by atoms with Crippen molar-refractivity contribution >= 4 is 6.03 Å². The summed E-state index contributed by atoms with van der Waals surface area (Å²) in [6.45, 7) is 0.401. The fourth-order valence-corrected chi connectivity index (χ4v) is 1.46. The van der Waals surface area contributed by atoms with Crippen molar-refractivity contribution in [1.82, 2.24) is 25.6 Å². The largest absolute Gasteiger partial charge is 0.338 e. The fourth-order valence-electron chi connectivity index (χ4n) is 1.46. The van der Waals surface area contributed by atoms with Gasteiger partial charge in [0.2, 0.25) is 0 Å². The highest BCUT2D eigenvalue weighted by atomic mass is 16.6. The average molecular weight is 247 g/mol. The Kier molecular flexibility index (Phi) is 3.87. The maximum absolute atomic E-state index is 11.2. The average Bonchev–Trinajstić information content (AvgIpc) is 2.91. The molecule has 18 heavy (non-hydrogen) atoms. The molecule has 0 aliphatic heterocycles. The number of rotatable bonds is 4. The first-order valence-corrected chi connectivity index (χ1v) is 5.30. The van der Waals surface area contributed by atoms with E-state index in [2.05, 4.69) is 25.7 Å². The number of carbonyl (C=O) groups excluding carboxylic acids is 1. The second kappa shape index (κ2) is 5.78. The van der Waals surface area contributed by atoms with Crippen LogP contribution in [-0.4, -0.2) is 27.9 Å². The van der Waals surface area contributed by atoms with Gasteiger partial charge in [0.25, 0.3) is 0 Å². The summed E-state index contributed by atoms with van der Waals surface area (Å²) in [6.07, 6.45) is 3.08. The van der Waals surface area contributed by atoms with E-state index in [1.54, 1.807) is 11.0 Å². The zero-order chi connectivity index (χ0) is 12.8. The molecule has 0 aliphatic carbocycles. The summed E-state index contributed by atoms with van der Waals surface area (Å²) >= 11 is 0. The minimum absolute atomic E-state index is 0.386. The Balaban J connectivity index is 2.02. The third kappa shape index (κ3) is 3.05. The van der Waals surface area contributed by atoms with E-state index < -0.39 is 0 Å². The van der Waals surface area contributed by atoms with Gasteiger partial charge in [0.05, 0.1) is 12.8 Å². The summed E-state index contributed by atoms with van der Waals surface area (Å²) in [7, 11) is 1.38. The summed E-state index contributed by atoms with van der Waals surface area (Å²) < 4.78 is 1.65. The van der Waals surface area contributed by atoms with Gasteiger partial charge in [0, 0.05) is 6.54 Å². The van der Waals surface area contributed by atoms with Gasteiger partial charge in [-0.15, -0.1) is 0 Å². The van der Waals surface area contributed by atoms with Crippen LogP contribution in [0.2, 0.25) is 0 Å². The van der Waals surface area contributed by atoms with Crippen molar-refractivity contribution in [3.8, 4) is 5.69 Å². The van der Waals surface area contributed by atoms with Crippen molar-refractivity contribution in [1.29, 1.82) is 0 Å². The molecular formula is C11H13N5O2. The Morgan fingerprint density at radius 2 is 2.39 bits per heavy atom. The van der Waals surface area contributed by atoms with Crippen molar-refractivity contribution in [3.63, 3.8) is 0 Å². The maximum Gasteiger partial charge on any atom is 0.338 e. The quantitative estimate of drug-likeness (QED) is 0.776. The van der Waals surface area contributed by atoms with Gasteiger partial charge >= 0.3 is 6.03 Å². The van der Waals surface area contributed by atoms with Crippen molar-refractivity contribution in [3.05, 3.63) is 42.5 Å². The number of hydrogen-bond acceptors (Lipinski definition) is 4. The van der Waals surface area contributed by atoms with E-state index in [1.807, 2.05) is 24.3 Å². The van der Waals surface area contributed by atoms with E-state index >= 15 is 0 Å². The molecule has 0 spiro atoms. The molecule has 1 heterocycles. The first kappa shape index (κ1) is 12.1. The molecule has 94 valence electrons. The minimum Gasteiger partial charge on any atom is -0.332 e. The van der Waals surface area contributed by atoms with E-state index in [0.29, 0.717) is 6.54 Å². The Labute approximate surface area is 104 Å². The van der Waals surface area contributed by atoms with Crippen LogP contribution in [-0.2, 0) is 11.4 Å². The number of carbonyl (C=O) groups is 1. The third-order valence-electron chi connectivity index (χ3n) is 2.24. The van der Waals surface area contributed by atoms with Gasteiger partial charge < -0.3 is 5.32 Å². The number of aromatic nitrogens is 3. The number of hydrogen-bond donors (Lipinski definition) is 2. The molecule has 0 bridgehead atoms. The molecule has 0 fully saturated rings. The first-order valence-electron chi connectivity index (χ1n) is 5.30. The van der Waals surface area contributed by atoms with E-state index in [1.165, 1.54) is 13.4 Å². The van der Waals surface area contributed by atoms with Crippen molar-refractivity contribution in [2.75, 3.05) is 7.11 Å². The smallest absolute Gasteiger partial charge is 0.332 e. The fraction of sp³-hybridized carbons (Fsp3) is 0.182. The summed E-state index contributed by atoms with van der Waals surface area (Å²) in [5.41, 5.74) is 4.02. The number of nitrogens with one attached hydrogen (secondary N) is 2. The molecule has 1 aromatic heterocycles. The molecule has 7 heteroatoms. The second-order valence-corrected chi connectivity index (χ2v) is 3.50. The highest BCUT2D eigenvalue weighted by Crippen LogP contribution is 2.08. The molecular weight excluding hydrogens is 234 g/mol. The Morgan fingerprint density at radius 3 is 3.11 bits per heavy atom. The number of hydroxylamine groups is 1. The van der Waals surface area contributed by atoms with Crippen LogP contribution < -0.4 is 10.8 Å². The predicted octanol–water partition coefficient (Wildman–Crippen LogP) is 0.628. The molecule has 0 aliphatic rings. The third-order valence-corrected chi connectivity index (χ3v) is 2.24. The molecule has 0 saturated heterocycles. The van der Waals surface area contributed by atoms with Crippen molar-refractivity contribution in [2.45, 2.75) is 6.54 Å². The van der Waals surface area contributed by atoms with E-state index in [-0.39, 0.29) is 6.03 Å². The zero-order valence-corrected chi connectivity index (χ0v) is 9.83. The molecule has 7 nitrogen and oxygen atoms in total.